The van der Waals surface area contributed by atoms with Crippen LogP contribution < -0.4 is 5.32 Å². The largest absolute Gasteiger partial charge is 0.341 e. The maximum atomic E-state index is 13.8. The first-order valence-corrected chi connectivity index (χ1v) is 7.52. The van der Waals surface area contributed by atoms with E-state index in [1.807, 2.05) is 17.0 Å². The van der Waals surface area contributed by atoms with Gasteiger partial charge in [-0.1, -0.05) is 24.6 Å². The van der Waals surface area contributed by atoms with Gasteiger partial charge >= 0.3 is 0 Å². The van der Waals surface area contributed by atoms with Crippen molar-refractivity contribution in [2.75, 3.05) is 19.6 Å². The number of rotatable bonds is 2. The van der Waals surface area contributed by atoms with E-state index in [0.717, 1.165) is 44.3 Å². The van der Waals surface area contributed by atoms with Gasteiger partial charge in [0.1, 0.15) is 5.82 Å². The quantitative estimate of drug-likeness (QED) is 0.899. The van der Waals surface area contributed by atoms with Crippen molar-refractivity contribution in [3.8, 4) is 0 Å². The number of amides is 1. The van der Waals surface area contributed by atoms with Crippen LogP contribution in [-0.2, 0) is 4.79 Å². The number of benzene rings is 1. The van der Waals surface area contributed by atoms with Crippen LogP contribution in [-0.4, -0.2) is 36.5 Å². The van der Waals surface area contributed by atoms with Crippen molar-refractivity contribution in [3.05, 3.63) is 35.6 Å². The van der Waals surface area contributed by atoms with E-state index in [2.05, 4.69) is 5.32 Å². The van der Waals surface area contributed by atoms with Gasteiger partial charge in [0.05, 0.1) is 6.04 Å². The van der Waals surface area contributed by atoms with Crippen LogP contribution in [0, 0.1) is 5.82 Å². The summed E-state index contributed by atoms with van der Waals surface area (Å²) in [5, 5.41) is 3.30. The van der Waals surface area contributed by atoms with Crippen LogP contribution >= 0.6 is 0 Å². The number of piperidine rings is 1. The lowest BCUT2D eigenvalue weighted by molar-refractivity contribution is -0.133. The molecule has 0 aromatic heterocycles. The summed E-state index contributed by atoms with van der Waals surface area (Å²) in [5.41, 5.74) is 0.749. The van der Waals surface area contributed by atoms with Crippen molar-refractivity contribution in [1.29, 1.82) is 0 Å². The molecule has 108 valence electrons. The van der Waals surface area contributed by atoms with Crippen LogP contribution in [0.2, 0.25) is 0 Å². The minimum Gasteiger partial charge on any atom is -0.341 e. The Morgan fingerprint density at radius 2 is 2.10 bits per heavy atom. The fraction of sp³-hybridized carbons (Fsp3) is 0.562. The van der Waals surface area contributed by atoms with E-state index in [-0.39, 0.29) is 23.7 Å². The summed E-state index contributed by atoms with van der Waals surface area (Å²) in [7, 11) is 0. The molecule has 20 heavy (non-hydrogen) atoms. The molecule has 1 aromatic carbocycles. The van der Waals surface area contributed by atoms with Gasteiger partial charge in [-0.2, -0.15) is 0 Å². The minimum atomic E-state index is -0.150. The summed E-state index contributed by atoms with van der Waals surface area (Å²) in [6.45, 7) is 2.33. The Morgan fingerprint density at radius 3 is 2.85 bits per heavy atom. The van der Waals surface area contributed by atoms with Crippen LogP contribution in [0.5, 0.6) is 0 Å². The summed E-state index contributed by atoms with van der Waals surface area (Å²) >= 11 is 0. The van der Waals surface area contributed by atoms with Crippen LogP contribution in [0.25, 0.3) is 0 Å². The highest BCUT2D eigenvalue weighted by atomic mass is 19.1. The predicted molar refractivity (Wildman–Crippen MR) is 76.0 cm³/mol. The number of carbonyl (C=O) groups excluding carboxylic acids is 1. The molecule has 2 aliphatic heterocycles. The topological polar surface area (TPSA) is 32.3 Å². The van der Waals surface area contributed by atoms with E-state index in [1.165, 1.54) is 6.07 Å². The Hall–Kier alpha value is -1.42. The van der Waals surface area contributed by atoms with Crippen molar-refractivity contribution < 1.29 is 9.18 Å². The molecular formula is C16H21FN2O. The summed E-state index contributed by atoms with van der Waals surface area (Å²) < 4.78 is 13.8. The number of hydrogen-bond acceptors (Lipinski definition) is 2. The second kappa shape index (κ2) is 5.92. The maximum Gasteiger partial charge on any atom is 0.239 e. The minimum absolute atomic E-state index is 0.0249. The number of nitrogens with zero attached hydrogens (tertiary/aromatic N) is 1. The molecule has 3 rings (SSSR count). The highest BCUT2D eigenvalue weighted by Crippen LogP contribution is 2.29. The van der Waals surface area contributed by atoms with Crippen LogP contribution in [0.4, 0.5) is 4.39 Å². The fourth-order valence-corrected chi connectivity index (χ4v) is 3.30. The second-order valence-corrected chi connectivity index (χ2v) is 5.79. The van der Waals surface area contributed by atoms with E-state index in [1.54, 1.807) is 6.07 Å². The highest BCUT2D eigenvalue weighted by Gasteiger charge is 2.32. The molecule has 1 amide bonds. The predicted octanol–water partition coefficient (Wildman–Crippen LogP) is 2.28. The van der Waals surface area contributed by atoms with Gasteiger partial charge in [-0.05, 0) is 37.4 Å². The van der Waals surface area contributed by atoms with Crippen molar-refractivity contribution in [1.82, 2.24) is 10.2 Å². The van der Waals surface area contributed by atoms with Crippen molar-refractivity contribution in [2.24, 2.45) is 0 Å². The molecule has 0 aliphatic carbocycles. The number of carbonyl (C=O) groups is 1. The molecule has 0 radical (unpaired) electrons. The van der Waals surface area contributed by atoms with Crippen molar-refractivity contribution in [2.45, 2.75) is 37.6 Å². The Balaban J connectivity index is 1.64. The number of hydrogen-bond donors (Lipinski definition) is 1. The highest BCUT2D eigenvalue weighted by molar-refractivity contribution is 5.82. The molecule has 2 heterocycles. The van der Waals surface area contributed by atoms with E-state index >= 15 is 0 Å². The Morgan fingerprint density at radius 1 is 1.25 bits per heavy atom. The molecule has 0 bridgehead atoms. The molecule has 1 N–H and O–H groups in total. The molecule has 0 spiro atoms. The van der Waals surface area contributed by atoms with Gasteiger partial charge in [-0.25, -0.2) is 4.39 Å². The number of nitrogens with one attached hydrogen (secondary N) is 1. The first-order chi connectivity index (χ1) is 9.75. The fourth-order valence-electron chi connectivity index (χ4n) is 3.30. The third kappa shape index (κ3) is 2.70. The van der Waals surface area contributed by atoms with Crippen LogP contribution in [0.1, 0.15) is 37.2 Å². The average molecular weight is 276 g/mol. The molecule has 0 saturated carbocycles. The Kier molecular flexibility index (Phi) is 4.01. The zero-order valence-corrected chi connectivity index (χ0v) is 11.6. The van der Waals surface area contributed by atoms with Gasteiger partial charge < -0.3 is 10.2 Å². The molecule has 1 aromatic rings. The lowest BCUT2D eigenvalue weighted by Gasteiger charge is -2.27. The third-order valence-corrected chi connectivity index (χ3v) is 4.45. The van der Waals surface area contributed by atoms with E-state index in [0.29, 0.717) is 6.54 Å². The first-order valence-electron chi connectivity index (χ1n) is 7.52. The van der Waals surface area contributed by atoms with Crippen LogP contribution in [0.3, 0.4) is 0 Å². The van der Waals surface area contributed by atoms with Gasteiger partial charge in [0.15, 0.2) is 0 Å². The standard InChI is InChI=1S/C16H21FN2O/c17-14-6-2-1-5-13(14)12-8-10-19(11-12)16(20)15-7-3-4-9-18-15/h1-2,5-6,12,15,18H,3-4,7-11H2. The zero-order valence-electron chi connectivity index (χ0n) is 11.6. The average Bonchev–Trinajstić information content (AvgIpc) is 2.97. The molecule has 2 saturated heterocycles. The molecule has 2 aliphatic rings. The molecular weight excluding hydrogens is 255 g/mol. The summed E-state index contributed by atoms with van der Waals surface area (Å²) in [4.78, 5) is 14.3. The van der Waals surface area contributed by atoms with Crippen LogP contribution in [0.15, 0.2) is 24.3 Å². The normalized spacial score (nSPS) is 26.8. The third-order valence-electron chi connectivity index (χ3n) is 4.45. The summed E-state index contributed by atoms with van der Waals surface area (Å²) in [6, 6.07) is 6.90. The van der Waals surface area contributed by atoms with Gasteiger partial charge in [0.25, 0.3) is 0 Å². The number of likely N-dealkylation sites (tertiary alicyclic amines) is 1. The molecule has 3 nitrogen and oxygen atoms in total. The molecule has 2 fully saturated rings. The smallest absolute Gasteiger partial charge is 0.239 e. The monoisotopic (exact) mass is 276 g/mol. The molecule has 4 heteroatoms. The SMILES string of the molecule is O=C(C1CCCCN1)N1CCC(c2ccccc2F)C1. The summed E-state index contributed by atoms with van der Waals surface area (Å²) in [6.07, 6.45) is 4.06. The molecule has 2 unspecified atom stereocenters. The van der Waals surface area contributed by atoms with Gasteiger partial charge in [0.2, 0.25) is 5.91 Å². The van der Waals surface area contributed by atoms with E-state index in [9.17, 15) is 9.18 Å². The summed E-state index contributed by atoms with van der Waals surface area (Å²) in [5.74, 6) is 0.190. The van der Waals surface area contributed by atoms with Gasteiger partial charge in [-0.15, -0.1) is 0 Å². The first kappa shape index (κ1) is 13.6. The van der Waals surface area contributed by atoms with Crippen molar-refractivity contribution in [3.63, 3.8) is 0 Å². The van der Waals surface area contributed by atoms with E-state index < -0.39 is 0 Å². The maximum absolute atomic E-state index is 13.8. The Bertz CT molecular complexity index is 485. The lowest BCUT2D eigenvalue weighted by atomic mass is 9.98. The van der Waals surface area contributed by atoms with Crippen molar-refractivity contribution >= 4 is 5.91 Å². The van der Waals surface area contributed by atoms with Gasteiger partial charge in [-0.3, -0.25) is 4.79 Å². The lowest BCUT2D eigenvalue weighted by Crippen LogP contribution is -2.47. The van der Waals surface area contributed by atoms with E-state index in [4.69, 9.17) is 0 Å². The zero-order chi connectivity index (χ0) is 13.9. The molecule has 2 atom stereocenters. The second-order valence-electron chi connectivity index (χ2n) is 5.79. The Labute approximate surface area is 119 Å². The number of halogens is 1. The van der Waals surface area contributed by atoms with Gasteiger partial charge in [0, 0.05) is 19.0 Å².